The third kappa shape index (κ3) is 3.21. The van der Waals surface area contributed by atoms with E-state index in [0.717, 1.165) is 12.8 Å². The molecule has 3 aliphatic carbocycles. The minimum absolute atomic E-state index is 0.0644. The molecule has 0 saturated carbocycles. The standard InChI is InChI=1S/C39H47N/c1-26-21-22-30(40(28-17-13-11-14-18-28)29-19-15-12-16-20-29)25-31(26)27-23-32-34-33(24-27)36(4,5)38(8,9)39(34,10)37(6,7)35(32,2)3/h11,13-15,17-25H,12,16H2,1-10H3. The van der Waals surface area contributed by atoms with Gasteiger partial charge >= 0.3 is 0 Å². The molecule has 0 aliphatic heterocycles. The molecule has 0 spiro atoms. The third-order valence-corrected chi connectivity index (χ3v) is 12.6. The highest BCUT2D eigenvalue weighted by Crippen LogP contribution is 2.76. The first-order valence-corrected chi connectivity index (χ1v) is 15.2. The average molecular weight is 530 g/mol. The molecule has 0 fully saturated rings. The fraction of sp³-hybridized carbons (Fsp3) is 0.436. The lowest BCUT2D eigenvalue weighted by atomic mass is 9.47. The Morgan fingerprint density at radius 1 is 0.650 bits per heavy atom. The van der Waals surface area contributed by atoms with Crippen molar-refractivity contribution in [2.75, 3.05) is 4.90 Å². The number of rotatable bonds is 4. The van der Waals surface area contributed by atoms with Crippen LogP contribution in [0.1, 0.15) is 97.4 Å². The predicted octanol–water partition coefficient (Wildman–Crippen LogP) is 10.9. The molecule has 6 rings (SSSR count). The van der Waals surface area contributed by atoms with E-state index in [0.29, 0.717) is 0 Å². The maximum atomic E-state index is 2.56. The van der Waals surface area contributed by atoms with E-state index in [2.05, 4.69) is 153 Å². The largest absolute Gasteiger partial charge is 0.311 e. The molecule has 0 atom stereocenters. The average Bonchev–Trinajstić information content (AvgIpc) is 3.13. The molecular formula is C39H47N. The van der Waals surface area contributed by atoms with Gasteiger partial charge in [-0.25, -0.2) is 0 Å². The minimum Gasteiger partial charge on any atom is -0.311 e. The van der Waals surface area contributed by atoms with Gasteiger partial charge < -0.3 is 4.90 Å². The summed E-state index contributed by atoms with van der Waals surface area (Å²) in [5, 5.41) is 0. The van der Waals surface area contributed by atoms with Crippen LogP contribution in [-0.2, 0) is 16.2 Å². The van der Waals surface area contributed by atoms with Crippen molar-refractivity contribution in [3.05, 3.63) is 107 Å². The zero-order valence-corrected chi connectivity index (χ0v) is 26.4. The van der Waals surface area contributed by atoms with Crippen LogP contribution in [0.2, 0.25) is 0 Å². The molecule has 0 heterocycles. The Hall–Kier alpha value is -3.06. The van der Waals surface area contributed by atoms with Gasteiger partial charge in [0, 0.05) is 22.5 Å². The normalized spacial score (nSPS) is 22.1. The lowest BCUT2D eigenvalue weighted by Crippen LogP contribution is -2.55. The van der Waals surface area contributed by atoms with Gasteiger partial charge in [0.25, 0.3) is 0 Å². The van der Waals surface area contributed by atoms with E-state index in [1.54, 1.807) is 16.7 Å². The number of hydrogen-bond donors (Lipinski definition) is 0. The highest BCUT2D eigenvalue weighted by atomic mass is 15.1. The second-order valence-electron chi connectivity index (χ2n) is 14.9. The Kier molecular flexibility index (Phi) is 5.75. The molecule has 0 saturated heterocycles. The fourth-order valence-corrected chi connectivity index (χ4v) is 8.50. The summed E-state index contributed by atoms with van der Waals surface area (Å²) in [6.45, 7) is 24.9. The zero-order valence-electron chi connectivity index (χ0n) is 26.4. The summed E-state index contributed by atoms with van der Waals surface area (Å²) in [5.74, 6) is 0. The highest BCUT2D eigenvalue weighted by molar-refractivity contribution is 5.80. The topological polar surface area (TPSA) is 3.24 Å². The van der Waals surface area contributed by atoms with Gasteiger partial charge in [0.1, 0.15) is 0 Å². The van der Waals surface area contributed by atoms with Gasteiger partial charge in [-0.15, -0.1) is 0 Å². The van der Waals surface area contributed by atoms with E-state index in [1.165, 1.54) is 33.8 Å². The van der Waals surface area contributed by atoms with Crippen molar-refractivity contribution in [3.63, 3.8) is 0 Å². The van der Waals surface area contributed by atoms with E-state index in [1.807, 2.05) is 0 Å². The highest BCUT2D eigenvalue weighted by Gasteiger charge is 2.72. The molecule has 1 heteroatoms. The van der Waals surface area contributed by atoms with Crippen molar-refractivity contribution in [2.45, 2.75) is 98.3 Å². The van der Waals surface area contributed by atoms with Crippen molar-refractivity contribution in [1.29, 1.82) is 0 Å². The molecular weight excluding hydrogens is 482 g/mol. The van der Waals surface area contributed by atoms with Crippen LogP contribution in [0.5, 0.6) is 0 Å². The lowest BCUT2D eigenvalue weighted by Gasteiger charge is -2.56. The van der Waals surface area contributed by atoms with Crippen LogP contribution in [0.4, 0.5) is 11.4 Å². The molecule has 0 aromatic heterocycles. The van der Waals surface area contributed by atoms with Crippen molar-refractivity contribution in [1.82, 2.24) is 0 Å². The summed E-state index contributed by atoms with van der Waals surface area (Å²) < 4.78 is 0. The van der Waals surface area contributed by atoms with Crippen LogP contribution < -0.4 is 4.90 Å². The summed E-state index contributed by atoms with van der Waals surface area (Å²) in [5.41, 5.74) is 12.9. The Balaban J connectivity index is 1.59. The van der Waals surface area contributed by atoms with Gasteiger partial charge in [-0.2, -0.15) is 0 Å². The number of para-hydroxylation sites is 1. The van der Waals surface area contributed by atoms with E-state index in [9.17, 15) is 0 Å². The molecule has 0 bridgehead atoms. The van der Waals surface area contributed by atoms with Gasteiger partial charge in [0.05, 0.1) is 0 Å². The maximum Gasteiger partial charge on any atom is 0.0467 e. The fourth-order valence-electron chi connectivity index (χ4n) is 8.50. The Labute approximate surface area is 243 Å². The number of allylic oxidation sites excluding steroid dienone is 3. The van der Waals surface area contributed by atoms with Gasteiger partial charge in [-0.3, -0.25) is 0 Å². The minimum atomic E-state index is 0.0644. The second-order valence-corrected chi connectivity index (χ2v) is 14.9. The van der Waals surface area contributed by atoms with Crippen molar-refractivity contribution >= 4 is 11.4 Å². The van der Waals surface area contributed by atoms with Gasteiger partial charge in [-0.1, -0.05) is 111 Å². The van der Waals surface area contributed by atoms with Crippen molar-refractivity contribution in [3.8, 4) is 11.1 Å². The van der Waals surface area contributed by atoms with E-state index < -0.39 is 0 Å². The van der Waals surface area contributed by atoms with E-state index in [4.69, 9.17) is 0 Å². The van der Waals surface area contributed by atoms with Gasteiger partial charge in [-0.05, 0) is 105 Å². The molecule has 40 heavy (non-hydrogen) atoms. The smallest absolute Gasteiger partial charge is 0.0467 e. The number of nitrogens with zero attached hydrogens (tertiary/aromatic N) is 1. The summed E-state index contributed by atoms with van der Waals surface area (Å²) in [4.78, 5) is 2.42. The van der Waals surface area contributed by atoms with E-state index in [-0.39, 0.29) is 27.1 Å². The number of benzene rings is 3. The number of hydrogen-bond acceptors (Lipinski definition) is 1. The summed E-state index contributed by atoms with van der Waals surface area (Å²) in [6, 6.07) is 23.0. The van der Waals surface area contributed by atoms with Crippen LogP contribution in [0.25, 0.3) is 11.1 Å². The van der Waals surface area contributed by atoms with Crippen molar-refractivity contribution in [2.24, 2.45) is 10.8 Å². The Bertz CT molecular complexity index is 1510. The molecule has 3 aromatic carbocycles. The first kappa shape index (κ1) is 27.1. The summed E-state index contributed by atoms with van der Waals surface area (Å²) in [6.07, 6.45) is 9.14. The van der Waals surface area contributed by atoms with Crippen LogP contribution in [0.15, 0.2) is 84.6 Å². The Morgan fingerprint density at radius 3 is 1.80 bits per heavy atom. The molecule has 0 amide bonds. The SMILES string of the molecule is Cc1ccc(N(C2=CCCC=C2)c2ccccc2)cc1-c1cc2c3c(c1)C(C)(C)C(C)(C)C3(C)C(C)(C)C2(C)C. The van der Waals surface area contributed by atoms with Crippen LogP contribution in [-0.4, -0.2) is 0 Å². The molecule has 0 N–H and O–H groups in total. The van der Waals surface area contributed by atoms with Gasteiger partial charge in [0.15, 0.2) is 0 Å². The van der Waals surface area contributed by atoms with Gasteiger partial charge in [0.2, 0.25) is 0 Å². The van der Waals surface area contributed by atoms with Crippen LogP contribution in [0, 0.1) is 17.8 Å². The summed E-state index contributed by atoms with van der Waals surface area (Å²) in [7, 11) is 0. The number of aryl methyl sites for hydroxylation is 1. The lowest BCUT2D eigenvalue weighted by molar-refractivity contribution is -0.0105. The number of anilines is 2. The van der Waals surface area contributed by atoms with E-state index >= 15 is 0 Å². The monoisotopic (exact) mass is 529 g/mol. The molecule has 3 aromatic rings. The van der Waals surface area contributed by atoms with Crippen LogP contribution >= 0.6 is 0 Å². The summed E-state index contributed by atoms with van der Waals surface area (Å²) >= 11 is 0. The molecule has 0 unspecified atom stereocenters. The maximum absolute atomic E-state index is 2.56. The van der Waals surface area contributed by atoms with Crippen molar-refractivity contribution < 1.29 is 0 Å². The predicted molar refractivity (Wildman–Crippen MR) is 173 cm³/mol. The third-order valence-electron chi connectivity index (χ3n) is 12.6. The zero-order chi connectivity index (χ0) is 28.9. The molecule has 0 radical (unpaired) electrons. The molecule has 208 valence electrons. The first-order valence-electron chi connectivity index (χ1n) is 15.2. The van der Waals surface area contributed by atoms with Crippen LogP contribution in [0.3, 0.4) is 0 Å². The quantitative estimate of drug-likeness (QED) is 0.325. The Morgan fingerprint density at radius 2 is 1.25 bits per heavy atom. The molecule has 1 nitrogen and oxygen atoms in total. The second kappa shape index (κ2) is 8.48. The first-order chi connectivity index (χ1) is 18.7. The molecule has 3 aliphatic rings.